The molecule has 1 N–H and O–H groups in total. The number of rotatable bonds is 5. The molecule has 2 fully saturated rings. The Kier molecular flexibility index (Phi) is 4.49. The van der Waals surface area contributed by atoms with E-state index >= 15 is 0 Å². The first-order chi connectivity index (χ1) is 14.4. The third-order valence-corrected chi connectivity index (χ3v) is 6.27. The van der Waals surface area contributed by atoms with E-state index in [4.69, 9.17) is 0 Å². The maximum Gasteiger partial charge on any atom is 0.258 e. The van der Waals surface area contributed by atoms with Gasteiger partial charge in [0.25, 0.3) is 11.5 Å². The number of pyridine rings is 1. The molecule has 0 saturated heterocycles. The van der Waals surface area contributed by atoms with Gasteiger partial charge in [0, 0.05) is 29.7 Å². The Labute approximate surface area is 174 Å². The molecule has 1 heterocycles. The summed E-state index contributed by atoms with van der Waals surface area (Å²) in [6.07, 6.45) is 6.28. The van der Waals surface area contributed by atoms with Crippen LogP contribution in [0.15, 0.2) is 41.3 Å². The third kappa shape index (κ3) is 3.53. The summed E-state index contributed by atoms with van der Waals surface area (Å²) in [4.78, 5) is 25.4. The van der Waals surface area contributed by atoms with Crippen LogP contribution in [-0.2, 0) is 6.54 Å². The summed E-state index contributed by atoms with van der Waals surface area (Å²) >= 11 is 0. The molecule has 0 atom stereocenters. The molecule has 1 amide bonds. The lowest BCUT2D eigenvalue weighted by Gasteiger charge is -2.14. The molecule has 0 unspecified atom stereocenters. The van der Waals surface area contributed by atoms with Crippen molar-refractivity contribution in [1.82, 2.24) is 9.88 Å². The van der Waals surface area contributed by atoms with Crippen LogP contribution in [0.25, 0.3) is 21.9 Å². The Balaban J connectivity index is 1.58. The fraction of sp³-hybridized carbons (Fsp3) is 0.360. The van der Waals surface area contributed by atoms with E-state index in [0.717, 1.165) is 35.9 Å². The minimum atomic E-state index is -0.398. The Morgan fingerprint density at radius 3 is 2.57 bits per heavy atom. The zero-order valence-corrected chi connectivity index (χ0v) is 17.3. The van der Waals surface area contributed by atoms with Gasteiger partial charge in [0.15, 0.2) is 0 Å². The van der Waals surface area contributed by atoms with Crippen LogP contribution in [0.4, 0.5) is 4.39 Å². The number of benzene rings is 2. The van der Waals surface area contributed by atoms with Crippen molar-refractivity contribution in [2.75, 3.05) is 0 Å². The smallest absolute Gasteiger partial charge is 0.258 e. The minimum absolute atomic E-state index is 0.0227. The first-order valence-electron chi connectivity index (χ1n) is 10.7. The van der Waals surface area contributed by atoms with Gasteiger partial charge < -0.3 is 9.88 Å². The van der Waals surface area contributed by atoms with Crippen molar-refractivity contribution in [3.8, 4) is 11.1 Å². The van der Waals surface area contributed by atoms with E-state index < -0.39 is 5.82 Å². The Hall–Kier alpha value is -2.95. The summed E-state index contributed by atoms with van der Waals surface area (Å²) < 4.78 is 16.5. The van der Waals surface area contributed by atoms with Crippen molar-refractivity contribution in [2.45, 2.75) is 52.1 Å². The fourth-order valence-corrected chi connectivity index (χ4v) is 4.06. The lowest BCUT2D eigenvalue weighted by atomic mass is 9.94. The van der Waals surface area contributed by atoms with E-state index in [-0.39, 0.29) is 17.5 Å². The molecule has 2 aliphatic rings. The zero-order valence-electron chi connectivity index (χ0n) is 17.3. The van der Waals surface area contributed by atoms with Gasteiger partial charge in [-0.2, -0.15) is 0 Å². The lowest BCUT2D eigenvalue weighted by Crippen LogP contribution is -2.25. The normalized spacial score (nSPS) is 16.1. The number of hydrogen-bond donors (Lipinski definition) is 1. The average Bonchev–Trinajstić information content (AvgIpc) is 3.64. The predicted molar refractivity (Wildman–Crippen MR) is 116 cm³/mol. The molecule has 0 radical (unpaired) electrons. The number of aryl methyl sites for hydroxylation is 1. The number of nitrogens with one attached hydrogen (secondary N) is 1. The topological polar surface area (TPSA) is 51.1 Å². The zero-order chi connectivity index (χ0) is 21.0. The molecular weight excluding hydrogens is 379 g/mol. The molecule has 0 spiro atoms. The molecule has 154 valence electrons. The van der Waals surface area contributed by atoms with Crippen molar-refractivity contribution >= 4 is 16.7 Å². The SMILES string of the molecule is Cc1c(F)cc(C(=O)NC2CC2)cc1-c1ccc2c(=O)n(CC3CC3)cc(C)c2c1. The Bertz CT molecular complexity index is 1240. The van der Waals surface area contributed by atoms with Gasteiger partial charge in [0.2, 0.25) is 0 Å². The highest BCUT2D eigenvalue weighted by molar-refractivity contribution is 5.97. The summed E-state index contributed by atoms with van der Waals surface area (Å²) in [5, 5.41) is 4.47. The number of halogens is 1. The number of fused-ring (bicyclic) bond motifs is 1. The predicted octanol–water partition coefficient (Wildman–Crippen LogP) is 4.73. The van der Waals surface area contributed by atoms with Gasteiger partial charge in [-0.25, -0.2) is 4.39 Å². The second-order valence-corrected chi connectivity index (χ2v) is 8.85. The Morgan fingerprint density at radius 1 is 1.10 bits per heavy atom. The number of carbonyl (C=O) groups excluding carboxylic acids is 1. The highest BCUT2D eigenvalue weighted by Crippen LogP contribution is 2.32. The summed E-state index contributed by atoms with van der Waals surface area (Å²) in [6.45, 7) is 4.50. The maximum atomic E-state index is 14.6. The number of aromatic nitrogens is 1. The van der Waals surface area contributed by atoms with Crippen molar-refractivity contribution in [3.05, 3.63) is 69.4 Å². The van der Waals surface area contributed by atoms with E-state index in [1.54, 1.807) is 13.0 Å². The molecule has 4 nitrogen and oxygen atoms in total. The van der Waals surface area contributed by atoms with Gasteiger partial charge >= 0.3 is 0 Å². The van der Waals surface area contributed by atoms with Gasteiger partial charge in [-0.15, -0.1) is 0 Å². The molecule has 0 bridgehead atoms. The largest absolute Gasteiger partial charge is 0.349 e. The van der Waals surface area contributed by atoms with Crippen LogP contribution in [0.3, 0.4) is 0 Å². The summed E-state index contributed by atoms with van der Waals surface area (Å²) in [5.74, 6) is -0.0170. The number of hydrogen-bond acceptors (Lipinski definition) is 2. The Morgan fingerprint density at radius 2 is 1.87 bits per heavy atom. The summed E-state index contributed by atoms with van der Waals surface area (Å²) in [5.41, 5.74) is 3.36. The van der Waals surface area contributed by atoms with Crippen LogP contribution in [0.2, 0.25) is 0 Å². The van der Waals surface area contributed by atoms with Crippen LogP contribution in [0.1, 0.15) is 47.2 Å². The summed E-state index contributed by atoms with van der Waals surface area (Å²) in [6, 6.07) is 8.90. The van der Waals surface area contributed by atoms with Gasteiger partial charge in [-0.1, -0.05) is 6.07 Å². The maximum absolute atomic E-state index is 14.6. The molecule has 5 heteroatoms. The molecule has 2 aromatic carbocycles. The van der Waals surface area contributed by atoms with Crippen LogP contribution < -0.4 is 10.9 Å². The second-order valence-electron chi connectivity index (χ2n) is 8.85. The molecular formula is C25H25FN2O2. The highest BCUT2D eigenvalue weighted by Gasteiger charge is 2.25. The molecule has 2 saturated carbocycles. The molecule has 5 rings (SSSR count). The molecule has 30 heavy (non-hydrogen) atoms. The third-order valence-electron chi connectivity index (χ3n) is 6.27. The van der Waals surface area contributed by atoms with E-state index in [1.807, 2.05) is 35.9 Å². The number of nitrogens with zero attached hydrogens (tertiary/aromatic N) is 1. The van der Waals surface area contributed by atoms with Crippen LogP contribution in [-0.4, -0.2) is 16.5 Å². The number of amides is 1. The van der Waals surface area contributed by atoms with Crippen molar-refractivity contribution in [2.24, 2.45) is 5.92 Å². The van der Waals surface area contributed by atoms with Crippen LogP contribution in [0.5, 0.6) is 0 Å². The first kappa shape index (κ1) is 19.0. The van der Waals surface area contributed by atoms with Gasteiger partial charge in [-0.3, -0.25) is 9.59 Å². The van der Waals surface area contributed by atoms with Gasteiger partial charge in [0.05, 0.1) is 0 Å². The molecule has 2 aliphatic carbocycles. The van der Waals surface area contributed by atoms with Crippen LogP contribution >= 0.6 is 0 Å². The van der Waals surface area contributed by atoms with Crippen molar-refractivity contribution < 1.29 is 9.18 Å². The first-order valence-corrected chi connectivity index (χ1v) is 10.7. The number of carbonyl (C=O) groups is 1. The van der Waals surface area contributed by atoms with Crippen molar-refractivity contribution in [1.29, 1.82) is 0 Å². The van der Waals surface area contributed by atoms with Crippen LogP contribution in [0, 0.1) is 25.6 Å². The molecule has 3 aromatic rings. The minimum Gasteiger partial charge on any atom is -0.349 e. The van der Waals surface area contributed by atoms with Crippen molar-refractivity contribution in [3.63, 3.8) is 0 Å². The van der Waals surface area contributed by atoms with E-state index in [0.29, 0.717) is 28.0 Å². The standard InChI is InChI=1S/C25H25FN2O2/c1-14-12-28(13-16-3-4-16)25(30)20-8-5-17(9-21(14)20)22-10-18(11-23(26)15(22)2)24(29)27-19-6-7-19/h5,8-12,16,19H,3-4,6-7,13H2,1-2H3,(H,27,29). The van der Waals surface area contributed by atoms with Gasteiger partial charge in [0.1, 0.15) is 5.82 Å². The second kappa shape index (κ2) is 7.08. The summed E-state index contributed by atoms with van der Waals surface area (Å²) in [7, 11) is 0. The van der Waals surface area contributed by atoms with E-state index in [9.17, 15) is 14.0 Å². The quantitative estimate of drug-likeness (QED) is 0.669. The molecule has 0 aliphatic heterocycles. The average molecular weight is 404 g/mol. The monoisotopic (exact) mass is 404 g/mol. The van der Waals surface area contributed by atoms with E-state index in [1.165, 1.54) is 18.9 Å². The van der Waals surface area contributed by atoms with E-state index in [2.05, 4.69) is 5.32 Å². The lowest BCUT2D eigenvalue weighted by molar-refractivity contribution is 0.0950. The molecule has 1 aromatic heterocycles. The fourth-order valence-electron chi connectivity index (χ4n) is 4.06. The van der Waals surface area contributed by atoms with Gasteiger partial charge in [-0.05, 0) is 97.4 Å². The highest BCUT2D eigenvalue weighted by atomic mass is 19.1.